The normalized spacial score (nSPS) is 10.8. The summed E-state index contributed by atoms with van der Waals surface area (Å²) in [6.07, 6.45) is 1.67. The Morgan fingerprint density at radius 3 is 2.60 bits per heavy atom. The van der Waals surface area contributed by atoms with Crippen molar-refractivity contribution in [2.75, 3.05) is 0 Å². The Morgan fingerprint density at radius 1 is 1.13 bits per heavy atom. The molecule has 0 aliphatic carbocycles. The second-order valence-electron chi connectivity index (χ2n) is 2.87. The molecule has 2 aromatic rings. The summed E-state index contributed by atoms with van der Waals surface area (Å²) in [6.45, 7) is 1.56. The minimum absolute atomic E-state index is 0.728. The van der Waals surface area contributed by atoms with Gasteiger partial charge in [0.25, 0.3) is 0 Å². The fourth-order valence-corrected chi connectivity index (χ4v) is 3.09. The van der Waals surface area contributed by atoms with Crippen LogP contribution in [0.1, 0.15) is 9.88 Å². The monoisotopic (exact) mass is 278 g/mol. The van der Waals surface area contributed by atoms with E-state index in [0.29, 0.717) is 0 Å². The lowest BCUT2D eigenvalue weighted by Crippen LogP contribution is -2.11. The van der Waals surface area contributed by atoms with E-state index in [-0.39, 0.29) is 0 Å². The number of halogens is 2. The summed E-state index contributed by atoms with van der Waals surface area (Å²) >= 11 is 14.7. The van der Waals surface area contributed by atoms with Crippen LogP contribution in [0.2, 0.25) is 8.67 Å². The molecule has 0 radical (unpaired) electrons. The van der Waals surface area contributed by atoms with Gasteiger partial charge in [0, 0.05) is 18.0 Å². The molecule has 2 aromatic heterocycles. The van der Waals surface area contributed by atoms with E-state index in [9.17, 15) is 0 Å². The van der Waals surface area contributed by atoms with Crippen molar-refractivity contribution in [1.82, 2.24) is 10.3 Å². The zero-order valence-corrected chi connectivity index (χ0v) is 10.8. The molecule has 1 N–H and O–H groups in total. The van der Waals surface area contributed by atoms with Crippen molar-refractivity contribution in [3.8, 4) is 0 Å². The predicted octanol–water partition coefficient (Wildman–Crippen LogP) is 3.80. The lowest BCUT2D eigenvalue weighted by Gasteiger charge is -1.98. The average molecular weight is 279 g/mol. The quantitative estimate of drug-likeness (QED) is 0.920. The van der Waals surface area contributed by atoms with Gasteiger partial charge in [-0.05, 0) is 12.1 Å². The third kappa shape index (κ3) is 3.43. The maximum Gasteiger partial charge on any atom is 0.113 e. The molecule has 6 heteroatoms. The van der Waals surface area contributed by atoms with Gasteiger partial charge in [0.1, 0.15) is 9.34 Å². The molecule has 0 amide bonds. The summed E-state index contributed by atoms with van der Waals surface area (Å²) < 4.78 is 1.55. The second kappa shape index (κ2) is 5.27. The number of nitrogens with one attached hydrogen (secondary N) is 1. The highest BCUT2D eigenvalue weighted by atomic mass is 35.5. The van der Waals surface area contributed by atoms with E-state index in [1.54, 1.807) is 17.5 Å². The number of nitrogens with zero attached hydrogens (tertiary/aromatic N) is 1. The fraction of sp³-hybridized carbons (Fsp3) is 0.222. The zero-order valence-electron chi connectivity index (χ0n) is 7.67. The smallest absolute Gasteiger partial charge is 0.113 e. The van der Waals surface area contributed by atoms with Gasteiger partial charge in [-0.1, -0.05) is 23.2 Å². The first-order valence-corrected chi connectivity index (χ1v) is 6.68. The Hall–Kier alpha value is -0.130. The van der Waals surface area contributed by atoms with E-state index in [0.717, 1.165) is 26.8 Å². The minimum Gasteiger partial charge on any atom is -0.306 e. The second-order valence-corrected chi connectivity index (χ2v) is 6.41. The lowest BCUT2D eigenvalue weighted by atomic mass is 10.4. The van der Waals surface area contributed by atoms with E-state index < -0.39 is 0 Å². The molecule has 2 nitrogen and oxygen atoms in total. The average Bonchev–Trinajstić information content (AvgIpc) is 2.76. The van der Waals surface area contributed by atoms with Gasteiger partial charge in [-0.15, -0.1) is 22.7 Å². The van der Waals surface area contributed by atoms with Crippen molar-refractivity contribution < 1.29 is 0 Å². The summed E-state index contributed by atoms with van der Waals surface area (Å²) in [5.74, 6) is 0. The van der Waals surface area contributed by atoms with E-state index in [1.165, 1.54) is 16.2 Å². The summed E-state index contributed by atoms with van der Waals surface area (Å²) in [4.78, 5) is 5.38. The molecule has 0 aliphatic heterocycles. The standard InChI is InChI=1S/C9H8Cl2N2S2/c10-7-2-1-6(14-7)3-12-5-9-13-4-8(11)15-9/h1-2,4,12H,3,5H2. The number of aromatic nitrogens is 1. The molecule has 0 atom stereocenters. The van der Waals surface area contributed by atoms with Gasteiger partial charge in [0.15, 0.2) is 0 Å². The van der Waals surface area contributed by atoms with E-state index in [4.69, 9.17) is 23.2 Å². The van der Waals surface area contributed by atoms with Crippen molar-refractivity contribution in [2.45, 2.75) is 13.1 Å². The van der Waals surface area contributed by atoms with Gasteiger partial charge in [0.05, 0.1) is 10.5 Å². The van der Waals surface area contributed by atoms with Crippen molar-refractivity contribution in [3.05, 3.63) is 36.9 Å². The van der Waals surface area contributed by atoms with Crippen LogP contribution in [-0.2, 0) is 13.1 Å². The lowest BCUT2D eigenvalue weighted by molar-refractivity contribution is 0.697. The van der Waals surface area contributed by atoms with E-state index in [2.05, 4.69) is 10.3 Å². The molecule has 0 bridgehead atoms. The Morgan fingerprint density at radius 2 is 2.00 bits per heavy atom. The summed E-state index contributed by atoms with van der Waals surface area (Å²) in [6, 6.07) is 3.93. The van der Waals surface area contributed by atoms with Gasteiger partial charge in [0.2, 0.25) is 0 Å². The van der Waals surface area contributed by atoms with Crippen molar-refractivity contribution in [1.29, 1.82) is 0 Å². The molecule has 0 aliphatic rings. The molecule has 0 unspecified atom stereocenters. The third-order valence-electron chi connectivity index (χ3n) is 1.73. The zero-order chi connectivity index (χ0) is 10.7. The van der Waals surface area contributed by atoms with Crippen LogP contribution in [-0.4, -0.2) is 4.98 Å². The van der Waals surface area contributed by atoms with Gasteiger partial charge in [-0.2, -0.15) is 0 Å². The third-order valence-corrected chi connectivity index (χ3v) is 4.08. The first kappa shape index (κ1) is 11.4. The van der Waals surface area contributed by atoms with Crippen LogP contribution in [0.3, 0.4) is 0 Å². The van der Waals surface area contributed by atoms with Crippen LogP contribution >= 0.6 is 45.9 Å². The van der Waals surface area contributed by atoms with Gasteiger partial charge in [-0.25, -0.2) is 4.98 Å². The number of thiazole rings is 1. The summed E-state index contributed by atoms with van der Waals surface area (Å²) in [5, 5.41) is 4.29. The maximum atomic E-state index is 5.82. The molecule has 0 aromatic carbocycles. The van der Waals surface area contributed by atoms with Crippen LogP contribution < -0.4 is 5.32 Å². The molecule has 0 spiro atoms. The van der Waals surface area contributed by atoms with E-state index >= 15 is 0 Å². The van der Waals surface area contributed by atoms with Crippen LogP contribution in [0.15, 0.2) is 18.3 Å². The number of hydrogen-bond acceptors (Lipinski definition) is 4. The fourth-order valence-electron chi connectivity index (χ4n) is 1.11. The van der Waals surface area contributed by atoms with Crippen LogP contribution in [0, 0.1) is 0 Å². The number of thiophene rings is 1. The molecular weight excluding hydrogens is 271 g/mol. The summed E-state index contributed by atoms with van der Waals surface area (Å²) in [7, 11) is 0. The van der Waals surface area contributed by atoms with Crippen molar-refractivity contribution in [2.24, 2.45) is 0 Å². The minimum atomic E-state index is 0.728. The Bertz CT molecular complexity index is 399. The summed E-state index contributed by atoms with van der Waals surface area (Å²) in [5.41, 5.74) is 0. The highest BCUT2D eigenvalue weighted by molar-refractivity contribution is 7.16. The van der Waals surface area contributed by atoms with Gasteiger partial charge in [-0.3, -0.25) is 0 Å². The molecule has 0 saturated carbocycles. The Balaban J connectivity index is 1.80. The molecule has 2 heterocycles. The highest BCUT2D eigenvalue weighted by Gasteiger charge is 2.00. The molecule has 2 rings (SSSR count). The molecule has 80 valence electrons. The topological polar surface area (TPSA) is 24.9 Å². The Kier molecular flexibility index (Phi) is 3.99. The van der Waals surface area contributed by atoms with Crippen molar-refractivity contribution >= 4 is 45.9 Å². The van der Waals surface area contributed by atoms with Crippen molar-refractivity contribution in [3.63, 3.8) is 0 Å². The Labute approximate surface area is 106 Å². The van der Waals surface area contributed by atoms with E-state index in [1.807, 2.05) is 12.1 Å². The number of rotatable bonds is 4. The first-order valence-electron chi connectivity index (χ1n) is 4.29. The van der Waals surface area contributed by atoms with Gasteiger partial charge >= 0.3 is 0 Å². The SMILES string of the molecule is Clc1ccc(CNCc2ncc(Cl)s2)s1. The molecule has 0 fully saturated rings. The highest BCUT2D eigenvalue weighted by Crippen LogP contribution is 2.21. The van der Waals surface area contributed by atoms with Crippen LogP contribution in [0.25, 0.3) is 0 Å². The van der Waals surface area contributed by atoms with Gasteiger partial charge < -0.3 is 5.32 Å². The predicted molar refractivity (Wildman–Crippen MR) is 67.0 cm³/mol. The number of hydrogen-bond donors (Lipinski definition) is 1. The maximum absolute atomic E-state index is 5.82. The van der Waals surface area contributed by atoms with Crippen LogP contribution in [0.5, 0.6) is 0 Å². The first-order chi connectivity index (χ1) is 7.24. The molecule has 15 heavy (non-hydrogen) atoms. The van der Waals surface area contributed by atoms with Crippen LogP contribution in [0.4, 0.5) is 0 Å². The molecular formula is C9H8Cl2N2S2. The largest absolute Gasteiger partial charge is 0.306 e. The molecule has 0 saturated heterocycles.